The van der Waals surface area contributed by atoms with Crippen molar-refractivity contribution in [1.29, 1.82) is 5.26 Å². The highest BCUT2D eigenvalue weighted by Crippen LogP contribution is 2.34. The minimum absolute atomic E-state index is 0.366. The number of hydrogen-bond donors (Lipinski definition) is 0. The van der Waals surface area contributed by atoms with Crippen molar-refractivity contribution in [2.24, 2.45) is 0 Å². The smallest absolute Gasteiger partial charge is 0.380 e. The van der Waals surface area contributed by atoms with Crippen LogP contribution in [0.25, 0.3) is 0 Å². The fourth-order valence-corrected chi connectivity index (χ4v) is 1.58. The van der Waals surface area contributed by atoms with Crippen LogP contribution in [0.1, 0.15) is 18.1 Å². The first-order valence-corrected chi connectivity index (χ1v) is 5.80. The minimum atomic E-state index is -4.53. The predicted molar refractivity (Wildman–Crippen MR) is 65.9 cm³/mol. The summed E-state index contributed by atoms with van der Waals surface area (Å²) >= 11 is 0. The van der Waals surface area contributed by atoms with Gasteiger partial charge in [0.25, 0.3) is 0 Å². The predicted octanol–water partition coefficient (Wildman–Crippen LogP) is 3.05. The molecule has 0 N–H and O–H groups in total. The zero-order valence-corrected chi connectivity index (χ0v) is 10.8. The van der Waals surface area contributed by atoms with Gasteiger partial charge in [-0.15, -0.1) is 0 Å². The van der Waals surface area contributed by atoms with Crippen LogP contribution in [0.15, 0.2) is 18.2 Å². The summed E-state index contributed by atoms with van der Waals surface area (Å²) in [4.78, 5) is 1.66. The minimum Gasteiger partial charge on any atom is -0.380 e. The topological polar surface area (TPSA) is 36.3 Å². The van der Waals surface area contributed by atoms with E-state index in [0.29, 0.717) is 25.4 Å². The van der Waals surface area contributed by atoms with Crippen LogP contribution in [0.2, 0.25) is 0 Å². The van der Waals surface area contributed by atoms with Crippen LogP contribution in [0.3, 0.4) is 0 Å². The zero-order chi connectivity index (χ0) is 14.5. The van der Waals surface area contributed by atoms with Gasteiger partial charge >= 0.3 is 6.18 Å². The van der Waals surface area contributed by atoms with Crippen molar-refractivity contribution in [3.8, 4) is 6.07 Å². The molecule has 0 unspecified atom stereocenters. The largest absolute Gasteiger partial charge is 0.417 e. The Morgan fingerprint density at radius 1 is 1.37 bits per heavy atom. The molecule has 0 aliphatic heterocycles. The molecule has 0 fully saturated rings. The molecular weight excluding hydrogens is 257 g/mol. The summed E-state index contributed by atoms with van der Waals surface area (Å²) in [5.41, 5.74) is -0.865. The summed E-state index contributed by atoms with van der Waals surface area (Å²) < 4.78 is 43.5. The second kappa shape index (κ2) is 6.43. The quantitative estimate of drug-likeness (QED) is 0.773. The van der Waals surface area contributed by atoms with Crippen molar-refractivity contribution < 1.29 is 17.9 Å². The molecule has 0 saturated heterocycles. The highest BCUT2D eigenvalue weighted by molar-refractivity contribution is 5.54. The van der Waals surface area contributed by atoms with Gasteiger partial charge in [-0.1, -0.05) is 0 Å². The van der Waals surface area contributed by atoms with Crippen LogP contribution in [0.4, 0.5) is 18.9 Å². The number of nitriles is 1. The summed E-state index contributed by atoms with van der Waals surface area (Å²) in [6.07, 6.45) is -4.53. The number of nitrogens with zero attached hydrogens (tertiary/aromatic N) is 2. The Morgan fingerprint density at radius 3 is 2.58 bits per heavy atom. The Bertz CT molecular complexity index is 466. The SMILES string of the molecule is CCOCCN(C)c1ccc(C#N)c(C(F)(F)F)c1. The molecule has 19 heavy (non-hydrogen) atoms. The lowest BCUT2D eigenvalue weighted by Gasteiger charge is -2.20. The van der Waals surface area contributed by atoms with E-state index in [9.17, 15) is 13.2 Å². The van der Waals surface area contributed by atoms with Crippen LogP contribution in [-0.2, 0) is 10.9 Å². The van der Waals surface area contributed by atoms with Gasteiger partial charge in [0.2, 0.25) is 0 Å². The van der Waals surface area contributed by atoms with Gasteiger partial charge in [-0.3, -0.25) is 0 Å². The van der Waals surface area contributed by atoms with Crippen LogP contribution in [0.5, 0.6) is 0 Å². The van der Waals surface area contributed by atoms with E-state index in [2.05, 4.69) is 0 Å². The van der Waals surface area contributed by atoms with E-state index >= 15 is 0 Å². The normalized spacial score (nSPS) is 11.2. The van der Waals surface area contributed by atoms with Crippen molar-refractivity contribution in [2.45, 2.75) is 13.1 Å². The third-order valence-electron chi connectivity index (χ3n) is 2.64. The maximum absolute atomic E-state index is 12.8. The Hall–Kier alpha value is -1.74. The average molecular weight is 272 g/mol. The van der Waals surface area contributed by atoms with E-state index in [4.69, 9.17) is 10.00 Å². The summed E-state index contributed by atoms with van der Waals surface area (Å²) in [5, 5.41) is 8.70. The number of hydrogen-bond acceptors (Lipinski definition) is 3. The molecular formula is C13H15F3N2O. The van der Waals surface area contributed by atoms with Crippen molar-refractivity contribution in [2.75, 3.05) is 31.7 Å². The highest BCUT2D eigenvalue weighted by atomic mass is 19.4. The van der Waals surface area contributed by atoms with E-state index in [1.807, 2.05) is 6.92 Å². The molecule has 104 valence electrons. The third kappa shape index (κ3) is 4.14. The Balaban J connectivity index is 2.96. The number of anilines is 1. The van der Waals surface area contributed by atoms with Crippen molar-refractivity contribution in [3.63, 3.8) is 0 Å². The van der Waals surface area contributed by atoms with Crippen LogP contribution >= 0.6 is 0 Å². The molecule has 0 bridgehead atoms. The molecule has 0 spiro atoms. The lowest BCUT2D eigenvalue weighted by atomic mass is 10.1. The maximum atomic E-state index is 12.8. The van der Waals surface area contributed by atoms with E-state index in [1.165, 1.54) is 12.1 Å². The van der Waals surface area contributed by atoms with E-state index in [0.717, 1.165) is 6.07 Å². The van der Waals surface area contributed by atoms with Gasteiger partial charge in [-0.2, -0.15) is 18.4 Å². The van der Waals surface area contributed by atoms with Gasteiger partial charge in [-0.25, -0.2) is 0 Å². The molecule has 1 aromatic carbocycles. The molecule has 0 aromatic heterocycles. The van der Waals surface area contributed by atoms with Gasteiger partial charge in [0.15, 0.2) is 0 Å². The fourth-order valence-electron chi connectivity index (χ4n) is 1.58. The molecule has 0 aliphatic carbocycles. The Morgan fingerprint density at radius 2 is 2.05 bits per heavy atom. The monoisotopic (exact) mass is 272 g/mol. The zero-order valence-electron chi connectivity index (χ0n) is 10.8. The van der Waals surface area contributed by atoms with Crippen LogP contribution in [0, 0.1) is 11.3 Å². The van der Waals surface area contributed by atoms with Gasteiger partial charge in [0, 0.05) is 25.9 Å². The molecule has 0 aliphatic rings. The molecule has 3 nitrogen and oxygen atoms in total. The summed E-state index contributed by atoms with van der Waals surface area (Å²) in [6.45, 7) is 3.34. The van der Waals surface area contributed by atoms with Crippen molar-refractivity contribution in [1.82, 2.24) is 0 Å². The van der Waals surface area contributed by atoms with E-state index < -0.39 is 11.7 Å². The maximum Gasteiger partial charge on any atom is 0.417 e. The number of rotatable bonds is 5. The van der Waals surface area contributed by atoms with E-state index in [1.54, 1.807) is 18.0 Å². The first-order chi connectivity index (χ1) is 8.90. The summed E-state index contributed by atoms with van der Waals surface area (Å²) in [5.74, 6) is 0. The molecule has 1 rings (SSSR count). The van der Waals surface area contributed by atoms with Gasteiger partial charge < -0.3 is 9.64 Å². The first kappa shape index (κ1) is 15.3. The summed E-state index contributed by atoms with van der Waals surface area (Å²) in [6, 6.07) is 5.24. The molecule has 0 saturated carbocycles. The van der Waals surface area contributed by atoms with Crippen molar-refractivity contribution >= 4 is 5.69 Å². The number of benzene rings is 1. The highest BCUT2D eigenvalue weighted by Gasteiger charge is 2.34. The first-order valence-electron chi connectivity index (χ1n) is 5.80. The Kier molecular flexibility index (Phi) is 5.19. The number of alkyl halides is 3. The van der Waals surface area contributed by atoms with Gasteiger partial charge in [-0.05, 0) is 25.1 Å². The molecule has 1 aromatic rings. The molecule has 0 heterocycles. The second-order valence-corrected chi connectivity index (χ2v) is 3.96. The summed E-state index contributed by atoms with van der Waals surface area (Å²) in [7, 11) is 1.68. The molecule has 0 amide bonds. The number of ether oxygens (including phenoxy) is 1. The Labute approximate surface area is 110 Å². The number of likely N-dealkylation sites (N-methyl/N-ethyl adjacent to an activating group) is 1. The second-order valence-electron chi connectivity index (χ2n) is 3.96. The molecule has 0 radical (unpaired) electrons. The lowest BCUT2D eigenvalue weighted by Crippen LogP contribution is -2.23. The van der Waals surface area contributed by atoms with E-state index in [-0.39, 0.29) is 5.56 Å². The molecule has 0 atom stereocenters. The van der Waals surface area contributed by atoms with Crippen LogP contribution in [-0.4, -0.2) is 26.8 Å². The number of halogens is 3. The molecule has 6 heteroatoms. The average Bonchev–Trinajstić information content (AvgIpc) is 2.37. The lowest BCUT2D eigenvalue weighted by molar-refractivity contribution is -0.137. The van der Waals surface area contributed by atoms with Crippen molar-refractivity contribution in [3.05, 3.63) is 29.3 Å². The standard InChI is InChI=1S/C13H15F3N2O/c1-3-19-7-6-18(2)11-5-4-10(9-17)12(8-11)13(14,15)16/h4-5,8H,3,6-7H2,1-2H3. The van der Waals surface area contributed by atoms with Gasteiger partial charge in [0.05, 0.1) is 23.8 Å². The van der Waals surface area contributed by atoms with Gasteiger partial charge in [0.1, 0.15) is 0 Å². The fraction of sp³-hybridized carbons (Fsp3) is 0.462. The van der Waals surface area contributed by atoms with Crippen LogP contribution < -0.4 is 4.90 Å². The third-order valence-corrected chi connectivity index (χ3v) is 2.64.